The van der Waals surface area contributed by atoms with Gasteiger partial charge in [0.05, 0.1) is 0 Å². The van der Waals surface area contributed by atoms with Crippen molar-refractivity contribution < 1.29 is 4.74 Å². The van der Waals surface area contributed by atoms with Crippen LogP contribution in [0.15, 0.2) is 35.3 Å². The van der Waals surface area contributed by atoms with E-state index in [2.05, 4.69) is 46.0 Å². The van der Waals surface area contributed by atoms with Crippen molar-refractivity contribution >= 4 is 5.96 Å². The van der Waals surface area contributed by atoms with Crippen molar-refractivity contribution in [1.29, 1.82) is 0 Å². The number of hydrogen-bond acceptors (Lipinski definition) is 2. The molecule has 2 fully saturated rings. The highest BCUT2D eigenvalue weighted by Gasteiger charge is 2.42. The fraction of sp³-hybridized carbons (Fsp3) is 0.650. The van der Waals surface area contributed by atoms with Gasteiger partial charge >= 0.3 is 0 Å². The van der Waals surface area contributed by atoms with E-state index >= 15 is 0 Å². The minimum absolute atomic E-state index is 0.423. The van der Waals surface area contributed by atoms with Gasteiger partial charge in [-0.1, -0.05) is 30.3 Å². The quantitative estimate of drug-likeness (QED) is 0.394. The molecule has 1 aromatic rings. The van der Waals surface area contributed by atoms with Gasteiger partial charge in [-0.25, -0.2) is 0 Å². The third-order valence-electron chi connectivity index (χ3n) is 5.04. The Morgan fingerprint density at radius 2 is 2.00 bits per heavy atom. The van der Waals surface area contributed by atoms with Gasteiger partial charge < -0.3 is 15.4 Å². The number of aliphatic imine (C=N–C) groups is 1. The summed E-state index contributed by atoms with van der Waals surface area (Å²) in [6, 6.07) is 10.8. The Labute approximate surface area is 146 Å². The lowest BCUT2D eigenvalue weighted by Gasteiger charge is -2.18. The summed E-state index contributed by atoms with van der Waals surface area (Å²) < 4.78 is 5.66. The van der Waals surface area contributed by atoms with Gasteiger partial charge in [0.25, 0.3) is 0 Å². The Kier molecular flexibility index (Phi) is 6.13. The SMILES string of the molecule is CN=C(NCCCOCC1CC1)NCC1(Cc2ccccc2)CC1. The van der Waals surface area contributed by atoms with Crippen LogP contribution in [0.5, 0.6) is 0 Å². The molecule has 24 heavy (non-hydrogen) atoms. The first kappa shape index (κ1) is 17.3. The van der Waals surface area contributed by atoms with Gasteiger partial charge in [-0.05, 0) is 55.4 Å². The Morgan fingerprint density at radius 1 is 1.21 bits per heavy atom. The third-order valence-corrected chi connectivity index (χ3v) is 5.04. The Hall–Kier alpha value is -1.55. The van der Waals surface area contributed by atoms with E-state index in [1.54, 1.807) is 0 Å². The van der Waals surface area contributed by atoms with Crippen molar-refractivity contribution in [2.75, 3.05) is 33.4 Å². The molecule has 3 rings (SSSR count). The maximum Gasteiger partial charge on any atom is 0.190 e. The van der Waals surface area contributed by atoms with Gasteiger partial charge in [-0.3, -0.25) is 4.99 Å². The second kappa shape index (κ2) is 8.52. The van der Waals surface area contributed by atoms with Crippen molar-refractivity contribution in [2.45, 2.75) is 38.5 Å². The number of nitrogens with one attached hydrogen (secondary N) is 2. The maximum absolute atomic E-state index is 5.66. The normalized spacial score (nSPS) is 19.1. The summed E-state index contributed by atoms with van der Waals surface area (Å²) >= 11 is 0. The monoisotopic (exact) mass is 329 g/mol. The number of guanidine groups is 1. The van der Waals surface area contributed by atoms with E-state index < -0.39 is 0 Å². The van der Waals surface area contributed by atoms with Crippen molar-refractivity contribution in [3.05, 3.63) is 35.9 Å². The van der Waals surface area contributed by atoms with Crippen LogP contribution in [-0.2, 0) is 11.2 Å². The van der Waals surface area contributed by atoms with Crippen LogP contribution in [-0.4, -0.2) is 39.3 Å². The number of benzene rings is 1. The minimum Gasteiger partial charge on any atom is -0.381 e. The first-order valence-corrected chi connectivity index (χ1v) is 9.36. The van der Waals surface area contributed by atoms with Gasteiger partial charge in [0.1, 0.15) is 0 Å². The summed E-state index contributed by atoms with van der Waals surface area (Å²) in [5.41, 5.74) is 1.86. The highest BCUT2D eigenvalue weighted by atomic mass is 16.5. The first-order chi connectivity index (χ1) is 11.8. The van der Waals surface area contributed by atoms with E-state index in [0.29, 0.717) is 5.41 Å². The standard InChI is InChI=1S/C20H31N3O/c1-21-19(22-12-5-13-24-15-18-8-9-18)23-16-20(10-11-20)14-17-6-3-2-4-7-17/h2-4,6-7,18H,5,8-16H2,1H3,(H2,21,22,23). The van der Waals surface area contributed by atoms with Gasteiger partial charge in [0.15, 0.2) is 5.96 Å². The topological polar surface area (TPSA) is 45.7 Å². The Bertz CT molecular complexity index is 521. The Morgan fingerprint density at radius 3 is 2.67 bits per heavy atom. The molecular formula is C20H31N3O. The predicted molar refractivity (Wildman–Crippen MR) is 99.3 cm³/mol. The molecule has 0 heterocycles. The molecule has 0 amide bonds. The summed E-state index contributed by atoms with van der Waals surface area (Å²) in [7, 11) is 1.84. The summed E-state index contributed by atoms with van der Waals surface area (Å²) in [6.07, 6.45) is 7.52. The number of ether oxygens (including phenoxy) is 1. The third kappa shape index (κ3) is 5.82. The highest BCUT2D eigenvalue weighted by molar-refractivity contribution is 5.79. The smallest absolute Gasteiger partial charge is 0.190 e. The van der Waals surface area contributed by atoms with Crippen LogP contribution >= 0.6 is 0 Å². The highest BCUT2D eigenvalue weighted by Crippen LogP contribution is 2.47. The molecule has 0 atom stereocenters. The first-order valence-electron chi connectivity index (χ1n) is 9.36. The zero-order chi connectivity index (χ0) is 16.7. The molecule has 2 saturated carbocycles. The summed E-state index contributed by atoms with van der Waals surface area (Å²) in [5.74, 6) is 1.77. The van der Waals surface area contributed by atoms with Crippen LogP contribution in [0.3, 0.4) is 0 Å². The Balaban J connectivity index is 1.30. The average molecular weight is 329 g/mol. The van der Waals surface area contributed by atoms with E-state index in [0.717, 1.165) is 51.0 Å². The van der Waals surface area contributed by atoms with E-state index in [9.17, 15) is 0 Å². The molecule has 0 spiro atoms. The van der Waals surface area contributed by atoms with Crippen molar-refractivity contribution in [2.24, 2.45) is 16.3 Å². The molecule has 0 bridgehead atoms. The second-order valence-electron chi connectivity index (χ2n) is 7.39. The molecule has 0 aromatic heterocycles. The van der Waals surface area contributed by atoms with Crippen molar-refractivity contribution in [1.82, 2.24) is 10.6 Å². The lowest BCUT2D eigenvalue weighted by molar-refractivity contribution is 0.123. The van der Waals surface area contributed by atoms with Crippen LogP contribution in [0.1, 0.15) is 37.7 Å². The van der Waals surface area contributed by atoms with Gasteiger partial charge in [0.2, 0.25) is 0 Å². The molecule has 2 aliphatic carbocycles. The zero-order valence-electron chi connectivity index (χ0n) is 14.9. The molecule has 0 radical (unpaired) electrons. The fourth-order valence-electron chi connectivity index (χ4n) is 3.03. The fourth-order valence-corrected chi connectivity index (χ4v) is 3.03. The van der Waals surface area contributed by atoms with Gasteiger partial charge in [-0.15, -0.1) is 0 Å². The summed E-state index contributed by atoms with van der Waals surface area (Å²) in [6.45, 7) is 3.71. The maximum atomic E-state index is 5.66. The van der Waals surface area contributed by atoms with Crippen LogP contribution < -0.4 is 10.6 Å². The van der Waals surface area contributed by atoms with Crippen molar-refractivity contribution in [3.63, 3.8) is 0 Å². The van der Waals surface area contributed by atoms with Crippen LogP contribution in [0.2, 0.25) is 0 Å². The zero-order valence-corrected chi connectivity index (χ0v) is 14.9. The second-order valence-corrected chi connectivity index (χ2v) is 7.39. The molecule has 0 aliphatic heterocycles. The minimum atomic E-state index is 0.423. The lowest BCUT2D eigenvalue weighted by atomic mass is 9.96. The number of rotatable bonds is 10. The molecule has 2 N–H and O–H groups in total. The van der Waals surface area contributed by atoms with Gasteiger partial charge in [-0.2, -0.15) is 0 Å². The molecule has 2 aliphatic rings. The lowest BCUT2D eigenvalue weighted by Crippen LogP contribution is -2.41. The van der Waals surface area contributed by atoms with E-state index in [4.69, 9.17) is 4.74 Å². The largest absolute Gasteiger partial charge is 0.381 e. The average Bonchev–Trinajstić information content (AvgIpc) is 3.52. The number of hydrogen-bond donors (Lipinski definition) is 2. The van der Waals surface area contributed by atoms with E-state index in [1.807, 2.05) is 7.05 Å². The van der Waals surface area contributed by atoms with E-state index in [-0.39, 0.29) is 0 Å². The molecule has 4 nitrogen and oxygen atoms in total. The van der Waals surface area contributed by atoms with Gasteiger partial charge in [0, 0.05) is 33.4 Å². The van der Waals surface area contributed by atoms with Crippen LogP contribution in [0.25, 0.3) is 0 Å². The summed E-state index contributed by atoms with van der Waals surface area (Å²) in [4.78, 5) is 4.34. The predicted octanol–water partition coefficient (Wildman–Crippen LogP) is 2.99. The van der Waals surface area contributed by atoms with Crippen molar-refractivity contribution in [3.8, 4) is 0 Å². The molecule has 4 heteroatoms. The van der Waals surface area contributed by atoms with E-state index in [1.165, 1.54) is 31.2 Å². The number of nitrogens with zero attached hydrogens (tertiary/aromatic N) is 1. The molecule has 0 saturated heterocycles. The molecule has 1 aromatic carbocycles. The van der Waals surface area contributed by atoms with Crippen LogP contribution in [0, 0.1) is 11.3 Å². The summed E-state index contributed by atoms with van der Waals surface area (Å²) in [5, 5.41) is 6.91. The molecular weight excluding hydrogens is 298 g/mol. The molecule has 132 valence electrons. The van der Waals surface area contributed by atoms with Crippen LogP contribution in [0.4, 0.5) is 0 Å². The molecule has 0 unspecified atom stereocenters.